The molecule has 0 saturated heterocycles. The minimum Gasteiger partial charge on any atom is -0.478 e. The number of aryl methyl sites for hydroxylation is 1. The normalized spacial score (nSPS) is 10.9. The van der Waals surface area contributed by atoms with Crippen LogP contribution in [0.4, 0.5) is 0 Å². The molecule has 0 radical (unpaired) electrons. The summed E-state index contributed by atoms with van der Waals surface area (Å²) >= 11 is 3.25. The van der Waals surface area contributed by atoms with E-state index in [-0.39, 0.29) is 0 Å². The molecule has 0 spiro atoms. The van der Waals surface area contributed by atoms with Crippen molar-refractivity contribution in [3.63, 3.8) is 0 Å². The van der Waals surface area contributed by atoms with E-state index in [0.717, 1.165) is 20.8 Å². The molecule has 0 atom stereocenters. The number of hydrogen-bond acceptors (Lipinski definition) is 5. The van der Waals surface area contributed by atoms with Gasteiger partial charge in [0.15, 0.2) is 0 Å². The zero-order valence-corrected chi connectivity index (χ0v) is 12.9. The van der Waals surface area contributed by atoms with Crippen LogP contribution in [-0.2, 0) is 5.75 Å². The van der Waals surface area contributed by atoms with Crippen LogP contribution in [0.2, 0.25) is 0 Å². The molecule has 0 saturated carbocycles. The number of rotatable bonds is 4. The van der Waals surface area contributed by atoms with Crippen LogP contribution >= 0.6 is 23.1 Å². The summed E-state index contributed by atoms with van der Waals surface area (Å²) < 4.78 is 0. The van der Waals surface area contributed by atoms with E-state index in [2.05, 4.69) is 23.0 Å². The van der Waals surface area contributed by atoms with Gasteiger partial charge in [-0.1, -0.05) is 12.1 Å². The summed E-state index contributed by atoms with van der Waals surface area (Å²) in [4.78, 5) is 21.8. The van der Waals surface area contributed by atoms with Crippen molar-refractivity contribution in [2.75, 3.05) is 0 Å². The Morgan fingerprint density at radius 2 is 2.19 bits per heavy atom. The maximum absolute atomic E-state index is 11.0. The summed E-state index contributed by atoms with van der Waals surface area (Å²) in [6.07, 6.45) is 1.58. The Morgan fingerprint density at radius 1 is 1.33 bits per heavy atom. The van der Waals surface area contributed by atoms with Gasteiger partial charge in [0, 0.05) is 16.0 Å². The Labute approximate surface area is 129 Å². The van der Waals surface area contributed by atoms with Crippen LogP contribution in [0.25, 0.3) is 10.2 Å². The zero-order valence-electron chi connectivity index (χ0n) is 11.2. The van der Waals surface area contributed by atoms with Crippen molar-refractivity contribution in [3.8, 4) is 0 Å². The lowest BCUT2D eigenvalue weighted by molar-refractivity contribution is 0.0697. The molecule has 6 heteroatoms. The third-order valence-corrected chi connectivity index (χ3v) is 5.00. The Kier molecular flexibility index (Phi) is 3.90. The maximum Gasteiger partial charge on any atom is 0.335 e. The molecule has 0 aliphatic heterocycles. The number of carboxylic acid groups (broad SMARTS) is 1. The minimum absolute atomic E-state index is 0.312. The van der Waals surface area contributed by atoms with E-state index in [1.165, 1.54) is 4.88 Å². The van der Waals surface area contributed by atoms with Gasteiger partial charge in [-0.05, 0) is 30.7 Å². The first-order chi connectivity index (χ1) is 10.1. The third kappa shape index (κ3) is 3.06. The van der Waals surface area contributed by atoms with Gasteiger partial charge in [0.25, 0.3) is 0 Å². The number of aromatic nitrogens is 2. The number of aromatic carboxylic acids is 1. The van der Waals surface area contributed by atoms with E-state index in [4.69, 9.17) is 5.11 Å². The monoisotopic (exact) mass is 316 g/mol. The SMILES string of the molecule is Cc1cc2c(SCc3cccc(C(=O)O)c3)ncnc2s1. The molecule has 3 rings (SSSR count). The molecule has 3 aromatic rings. The quantitative estimate of drug-likeness (QED) is 0.582. The van der Waals surface area contributed by atoms with Crippen molar-refractivity contribution >= 4 is 39.3 Å². The molecular weight excluding hydrogens is 304 g/mol. The maximum atomic E-state index is 11.0. The standard InChI is InChI=1S/C15H12N2O2S2/c1-9-5-12-13(16-8-17-14(12)21-9)20-7-10-3-2-4-11(6-10)15(18)19/h2-6,8H,7H2,1H3,(H,18,19). The highest BCUT2D eigenvalue weighted by molar-refractivity contribution is 7.98. The minimum atomic E-state index is -0.903. The third-order valence-electron chi connectivity index (χ3n) is 2.97. The van der Waals surface area contributed by atoms with Crippen LogP contribution in [0.3, 0.4) is 0 Å². The molecule has 21 heavy (non-hydrogen) atoms. The van der Waals surface area contributed by atoms with Gasteiger partial charge in [0.05, 0.1) is 5.56 Å². The molecule has 0 bridgehead atoms. The zero-order chi connectivity index (χ0) is 14.8. The van der Waals surface area contributed by atoms with E-state index in [0.29, 0.717) is 11.3 Å². The van der Waals surface area contributed by atoms with Gasteiger partial charge in [0.1, 0.15) is 16.2 Å². The number of fused-ring (bicyclic) bond motifs is 1. The number of carbonyl (C=O) groups is 1. The van der Waals surface area contributed by atoms with E-state index in [1.807, 2.05) is 6.07 Å². The lowest BCUT2D eigenvalue weighted by Crippen LogP contribution is -1.96. The second-order valence-electron chi connectivity index (χ2n) is 4.55. The molecule has 1 N–H and O–H groups in total. The topological polar surface area (TPSA) is 63.1 Å². The van der Waals surface area contributed by atoms with Crippen molar-refractivity contribution < 1.29 is 9.90 Å². The molecule has 2 aromatic heterocycles. The number of thioether (sulfide) groups is 1. The van der Waals surface area contributed by atoms with Crippen LogP contribution in [0.1, 0.15) is 20.8 Å². The van der Waals surface area contributed by atoms with Crippen LogP contribution < -0.4 is 0 Å². The van der Waals surface area contributed by atoms with E-state index >= 15 is 0 Å². The number of benzene rings is 1. The van der Waals surface area contributed by atoms with E-state index in [1.54, 1.807) is 47.6 Å². The Hall–Kier alpha value is -1.92. The molecule has 0 aliphatic carbocycles. The summed E-state index contributed by atoms with van der Waals surface area (Å²) in [6, 6.07) is 9.09. The molecule has 2 heterocycles. The van der Waals surface area contributed by atoms with Crippen LogP contribution in [-0.4, -0.2) is 21.0 Å². The van der Waals surface area contributed by atoms with Crippen molar-refractivity contribution in [1.29, 1.82) is 0 Å². The first kappa shape index (κ1) is 14.0. The smallest absolute Gasteiger partial charge is 0.335 e. The number of carboxylic acids is 1. The lowest BCUT2D eigenvalue weighted by Gasteiger charge is -2.03. The van der Waals surface area contributed by atoms with Crippen molar-refractivity contribution in [1.82, 2.24) is 9.97 Å². The van der Waals surface area contributed by atoms with Crippen LogP contribution in [0.15, 0.2) is 41.7 Å². The van der Waals surface area contributed by atoms with Crippen molar-refractivity contribution in [3.05, 3.63) is 52.7 Å². The molecule has 0 fully saturated rings. The van der Waals surface area contributed by atoms with Crippen LogP contribution in [0, 0.1) is 6.92 Å². The first-order valence-electron chi connectivity index (χ1n) is 6.29. The highest BCUT2D eigenvalue weighted by Crippen LogP contribution is 2.31. The van der Waals surface area contributed by atoms with Crippen molar-refractivity contribution in [2.24, 2.45) is 0 Å². The molecule has 106 valence electrons. The molecule has 4 nitrogen and oxygen atoms in total. The Bertz CT molecular complexity index is 814. The van der Waals surface area contributed by atoms with Crippen LogP contribution in [0.5, 0.6) is 0 Å². The number of thiophene rings is 1. The number of hydrogen-bond donors (Lipinski definition) is 1. The number of nitrogens with zero attached hydrogens (tertiary/aromatic N) is 2. The summed E-state index contributed by atoms with van der Waals surface area (Å²) in [5, 5.41) is 11.0. The van der Waals surface area contributed by atoms with Gasteiger partial charge < -0.3 is 5.11 Å². The molecule has 1 aromatic carbocycles. The second-order valence-corrected chi connectivity index (χ2v) is 6.75. The molecule has 0 aliphatic rings. The largest absolute Gasteiger partial charge is 0.478 e. The summed E-state index contributed by atoms with van der Waals surface area (Å²) in [5.74, 6) is -0.220. The van der Waals surface area contributed by atoms with Crippen molar-refractivity contribution in [2.45, 2.75) is 17.7 Å². The fourth-order valence-corrected chi connectivity index (χ4v) is 3.84. The predicted molar refractivity (Wildman–Crippen MR) is 85.1 cm³/mol. The molecular formula is C15H12N2O2S2. The first-order valence-corrected chi connectivity index (χ1v) is 8.10. The van der Waals surface area contributed by atoms with E-state index < -0.39 is 5.97 Å². The molecule has 0 amide bonds. The highest BCUT2D eigenvalue weighted by Gasteiger charge is 2.09. The fraction of sp³-hybridized carbons (Fsp3) is 0.133. The average molecular weight is 316 g/mol. The summed E-state index contributed by atoms with van der Waals surface area (Å²) in [5.41, 5.74) is 1.28. The lowest BCUT2D eigenvalue weighted by atomic mass is 10.1. The van der Waals surface area contributed by atoms with Gasteiger partial charge in [-0.15, -0.1) is 23.1 Å². The van der Waals surface area contributed by atoms with Gasteiger partial charge in [-0.3, -0.25) is 0 Å². The Balaban J connectivity index is 1.83. The van der Waals surface area contributed by atoms with Gasteiger partial charge in [-0.2, -0.15) is 0 Å². The van der Waals surface area contributed by atoms with E-state index in [9.17, 15) is 4.79 Å². The Morgan fingerprint density at radius 3 is 3.00 bits per heavy atom. The molecule has 0 unspecified atom stereocenters. The van der Waals surface area contributed by atoms with Gasteiger partial charge in [-0.25, -0.2) is 14.8 Å². The highest BCUT2D eigenvalue weighted by atomic mass is 32.2. The summed E-state index contributed by atoms with van der Waals surface area (Å²) in [6.45, 7) is 2.05. The van der Waals surface area contributed by atoms with Gasteiger partial charge in [0.2, 0.25) is 0 Å². The summed E-state index contributed by atoms with van der Waals surface area (Å²) in [7, 11) is 0. The fourth-order valence-electron chi connectivity index (χ4n) is 2.02. The average Bonchev–Trinajstić information content (AvgIpc) is 2.86. The predicted octanol–water partition coefficient (Wildman–Crippen LogP) is 3.99. The second kappa shape index (κ2) is 5.83. The van der Waals surface area contributed by atoms with Gasteiger partial charge >= 0.3 is 5.97 Å².